The molecule has 2 aliphatic carbocycles. The summed E-state index contributed by atoms with van der Waals surface area (Å²) in [7, 11) is 0. The van der Waals surface area contributed by atoms with Crippen molar-refractivity contribution in [2.24, 2.45) is 0 Å². The second-order valence-electron chi connectivity index (χ2n) is 16.8. The molecule has 300 valence electrons. The lowest BCUT2D eigenvalue weighted by Gasteiger charge is -2.39. The Labute approximate surface area is 371 Å². The summed E-state index contributed by atoms with van der Waals surface area (Å²) in [6.45, 7) is 2.15. The molecule has 0 saturated heterocycles. The van der Waals surface area contributed by atoms with Crippen LogP contribution in [0.3, 0.4) is 0 Å². The monoisotopic (exact) mass is 805 g/mol. The van der Waals surface area contributed by atoms with E-state index in [1.165, 1.54) is 83.5 Å². The van der Waals surface area contributed by atoms with Gasteiger partial charge in [-0.05, 0) is 152 Å². The van der Waals surface area contributed by atoms with Crippen LogP contribution in [0.15, 0.2) is 243 Å². The Bertz CT molecular complexity index is 3070. The van der Waals surface area contributed by atoms with Gasteiger partial charge < -0.3 is 4.90 Å². The third kappa shape index (κ3) is 6.83. The van der Waals surface area contributed by atoms with Crippen LogP contribution in [0.25, 0.3) is 44.5 Å². The molecule has 1 nitrogen and oxygen atoms in total. The number of benzene rings is 9. The van der Waals surface area contributed by atoms with Crippen LogP contribution in [0.4, 0.5) is 17.1 Å². The predicted octanol–water partition coefficient (Wildman–Crippen LogP) is 16.4. The minimum absolute atomic E-state index is 0.683. The fraction of sp³-hybridized carbons (Fsp3) is 0.0645. The maximum Gasteiger partial charge on any atom is 0.0713 e. The normalized spacial score (nSPS) is 15.2. The van der Waals surface area contributed by atoms with Gasteiger partial charge in [-0.15, -0.1) is 0 Å². The molecule has 0 radical (unpaired) electrons. The Morgan fingerprint density at radius 1 is 0.381 bits per heavy atom. The van der Waals surface area contributed by atoms with Crippen LogP contribution in [0, 0.1) is 6.92 Å². The zero-order valence-corrected chi connectivity index (χ0v) is 35.5. The van der Waals surface area contributed by atoms with E-state index in [1.807, 2.05) is 0 Å². The summed E-state index contributed by atoms with van der Waals surface area (Å²) in [6.07, 6.45) is 6.77. The number of allylic oxidation sites excluding steroid dienone is 4. The molecule has 2 aliphatic rings. The van der Waals surface area contributed by atoms with Crippen molar-refractivity contribution in [2.45, 2.75) is 25.2 Å². The van der Waals surface area contributed by atoms with Gasteiger partial charge in [-0.2, -0.15) is 0 Å². The molecule has 11 rings (SSSR count). The molecule has 0 amide bonds. The molecule has 0 bridgehead atoms. The van der Waals surface area contributed by atoms with Crippen molar-refractivity contribution in [3.63, 3.8) is 0 Å². The number of nitrogens with zero attached hydrogens (tertiary/aromatic N) is 1. The lowest BCUT2D eigenvalue weighted by molar-refractivity contribution is 0.742. The SMILES string of the molecule is Cc1ccc(N(c2ccc(-c3ccccc3)cc2)c2ccc(C3(c4cc(-c5ccccc5)cc(-c5ccccc5)c4)c4ccccc4C4=C(CCC=C4)c4ccccc43)cc2)cc1. The lowest BCUT2D eigenvalue weighted by Crippen LogP contribution is -2.32. The average Bonchev–Trinajstić information content (AvgIpc) is 3.47. The van der Waals surface area contributed by atoms with E-state index in [4.69, 9.17) is 0 Å². The third-order valence-electron chi connectivity index (χ3n) is 13.1. The second-order valence-corrected chi connectivity index (χ2v) is 16.8. The first-order valence-corrected chi connectivity index (χ1v) is 22.1. The van der Waals surface area contributed by atoms with Crippen molar-refractivity contribution in [2.75, 3.05) is 4.90 Å². The average molecular weight is 806 g/mol. The number of fused-ring (bicyclic) bond motifs is 4. The molecule has 63 heavy (non-hydrogen) atoms. The Hall–Kier alpha value is -7.74. The van der Waals surface area contributed by atoms with E-state index in [1.54, 1.807) is 0 Å². The van der Waals surface area contributed by atoms with Crippen LogP contribution in [-0.4, -0.2) is 0 Å². The van der Waals surface area contributed by atoms with Crippen LogP contribution in [0.2, 0.25) is 0 Å². The topological polar surface area (TPSA) is 3.24 Å². The molecule has 0 fully saturated rings. The van der Waals surface area contributed by atoms with E-state index in [2.05, 4.69) is 254 Å². The van der Waals surface area contributed by atoms with E-state index in [0.29, 0.717) is 0 Å². The maximum atomic E-state index is 2.47. The summed E-state index contributed by atoms with van der Waals surface area (Å²) in [6, 6.07) is 85.4. The van der Waals surface area contributed by atoms with Gasteiger partial charge in [-0.1, -0.05) is 194 Å². The van der Waals surface area contributed by atoms with Crippen LogP contribution >= 0.6 is 0 Å². The van der Waals surface area contributed by atoms with E-state index in [0.717, 1.165) is 29.9 Å². The molecule has 1 heteroatoms. The minimum Gasteiger partial charge on any atom is -0.311 e. The Kier molecular flexibility index (Phi) is 9.87. The number of hydrogen-bond donors (Lipinski definition) is 0. The molecule has 0 aliphatic heterocycles. The van der Waals surface area contributed by atoms with Crippen molar-refractivity contribution < 1.29 is 0 Å². The second kappa shape index (κ2) is 16.3. The van der Waals surface area contributed by atoms with Crippen molar-refractivity contribution in [1.29, 1.82) is 0 Å². The highest BCUT2D eigenvalue weighted by Crippen LogP contribution is 2.55. The van der Waals surface area contributed by atoms with Gasteiger partial charge in [-0.3, -0.25) is 0 Å². The molecule has 0 aromatic heterocycles. The van der Waals surface area contributed by atoms with Gasteiger partial charge in [0, 0.05) is 17.1 Å². The smallest absolute Gasteiger partial charge is 0.0713 e. The molecule has 1 unspecified atom stereocenters. The van der Waals surface area contributed by atoms with Crippen LogP contribution in [-0.2, 0) is 5.41 Å². The van der Waals surface area contributed by atoms with E-state index in [-0.39, 0.29) is 0 Å². The van der Waals surface area contributed by atoms with Crippen molar-refractivity contribution in [3.8, 4) is 33.4 Å². The van der Waals surface area contributed by atoms with Crippen molar-refractivity contribution in [1.82, 2.24) is 0 Å². The third-order valence-corrected chi connectivity index (χ3v) is 13.1. The summed E-state index contributed by atoms with van der Waals surface area (Å²) in [5, 5.41) is 0. The summed E-state index contributed by atoms with van der Waals surface area (Å²) >= 11 is 0. The van der Waals surface area contributed by atoms with Gasteiger partial charge in [0.2, 0.25) is 0 Å². The zero-order chi connectivity index (χ0) is 42.2. The minimum atomic E-state index is -0.683. The highest BCUT2D eigenvalue weighted by Gasteiger charge is 2.44. The largest absolute Gasteiger partial charge is 0.311 e. The molecule has 0 saturated carbocycles. The molecule has 9 aromatic carbocycles. The van der Waals surface area contributed by atoms with Gasteiger partial charge in [0.25, 0.3) is 0 Å². The number of aryl methyl sites for hydroxylation is 1. The number of hydrogen-bond acceptors (Lipinski definition) is 1. The fourth-order valence-electron chi connectivity index (χ4n) is 10.1. The van der Waals surface area contributed by atoms with Crippen molar-refractivity contribution in [3.05, 3.63) is 282 Å². The summed E-state index contributed by atoms with van der Waals surface area (Å²) in [4.78, 5) is 2.38. The van der Waals surface area contributed by atoms with E-state index < -0.39 is 5.41 Å². The number of rotatable bonds is 8. The van der Waals surface area contributed by atoms with Gasteiger partial charge in [-0.25, -0.2) is 0 Å². The van der Waals surface area contributed by atoms with Crippen LogP contribution in [0.1, 0.15) is 51.8 Å². The van der Waals surface area contributed by atoms with Crippen LogP contribution < -0.4 is 4.90 Å². The summed E-state index contributed by atoms with van der Waals surface area (Å²) < 4.78 is 0. The Balaban J connectivity index is 1.18. The van der Waals surface area contributed by atoms with E-state index in [9.17, 15) is 0 Å². The lowest BCUT2D eigenvalue weighted by atomic mass is 9.62. The highest BCUT2D eigenvalue weighted by atomic mass is 15.1. The first-order valence-electron chi connectivity index (χ1n) is 22.1. The first-order chi connectivity index (χ1) is 31.1. The standard InChI is InChI=1S/C62H47N/c1-44-29-35-53(36-30-44)63(54-37-31-48(32-38-54)45-17-5-2-6-18-45)55-39-33-51(34-40-55)62(52-42-49(46-19-7-3-8-20-46)41-50(43-52)47-21-9-4-10-22-47)60-27-15-13-25-58(60)56-23-11-12-24-57(56)59-26-14-16-28-61(59)62/h2-11,13-23,25-43H,12,24H2,1H3. The molecule has 0 spiro atoms. The summed E-state index contributed by atoms with van der Waals surface area (Å²) in [5.74, 6) is 0. The number of anilines is 3. The van der Waals surface area contributed by atoms with Gasteiger partial charge in [0.1, 0.15) is 0 Å². The van der Waals surface area contributed by atoms with Crippen LogP contribution in [0.5, 0.6) is 0 Å². The first kappa shape index (κ1) is 38.2. The highest BCUT2D eigenvalue weighted by molar-refractivity contribution is 6.01. The van der Waals surface area contributed by atoms with E-state index >= 15 is 0 Å². The zero-order valence-electron chi connectivity index (χ0n) is 35.5. The predicted molar refractivity (Wildman–Crippen MR) is 266 cm³/mol. The Morgan fingerprint density at radius 2 is 0.825 bits per heavy atom. The van der Waals surface area contributed by atoms with Gasteiger partial charge in [0.15, 0.2) is 0 Å². The molecule has 9 aromatic rings. The quantitative estimate of drug-likeness (QED) is 0.148. The summed E-state index contributed by atoms with van der Waals surface area (Å²) in [5.41, 5.74) is 21.5. The molecular weight excluding hydrogens is 759 g/mol. The van der Waals surface area contributed by atoms with Crippen molar-refractivity contribution >= 4 is 28.2 Å². The molecule has 0 N–H and O–H groups in total. The van der Waals surface area contributed by atoms with Gasteiger partial charge in [0.05, 0.1) is 5.41 Å². The Morgan fingerprint density at radius 3 is 1.40 bits per heavy atom. The maximum absolute atomic E-state index is 2.47. The molecular formula is C62H47N. The van der Waals surface area contributed by atoms with Gasteiger partial charge >= 0.3 is 0 Å². The molecule has 0 heterocycles. The fourth-order valence-corrected chi connectivity index (χ4v) is 10.1. The molecule has 1 atom stereocenters.